The van der Waals surface area contributed by atoms with Crippen LogP contribution in [0.25, 0.3) is 0 Å². The second-order valence-corrected chi connectivity index (χ2v) is 31.5. The molecule has 8 heterocycles. The first-order valence-electron chi connectivity index (χ1n) is 26.7. The van der Waals surface area contributed by atoms with E-state index in [2.05, 4.69) is 90.6 Å². The number of halogens is 1. The number of unbranched alkanes of at least 4 members (excludes halogenated alkanes) is 1. The summed E-state index contributed by atoms with van der Waals surface area (Å²) >= 11 is 3.44. The lowest BCUT2D eigenvalue weighted by Crippen LogP contribution is -2.61. The third-order valence-electron chi connectivity index (χ3n) is 17.4. The van der Waals surface area contributed by atoms with Gasteiger partial charge in [0.2, 0.25) is 0 Å². The van der Waals surface area contributed by atoms with E-state index in [0.29, 0.717) is 67.9 Å². The maximum absolute atomic E-state index is 14.5. The molecule has 0 N–H and O–H groups in total. The normalized spacial score (nSPS) is 38.1. The van der Waals surface area contributed by atoms with Gasteiger partial charge in [-0.15, -0.1) is 0 Å². The average Bonchev–Trinajstić information content (AvgIpc) is 3.82. The zero-order valence-corrected chi connectivity index (χ0v) is 47.2. The Morgan fingerprint density at radius 2 is 1.63 bits per heavy atom. The molecular formula is C55H85BrO12SSi. The van der Waals surface area contributed by atoms with Crippen molar-refractivity contribution in [2.45, 2.75) is 253 Å². The fourth-order valence-corrected chi connectivity index (χ4v) is 14.8. The molecule has 0 aliphatic carbocycles. The zero-order valence-electron chi connectivity index (χ0n) is 43.8. The van der Waals surface area contributed by atoms with E-state index in [4.69, 9.17) is 41.8 Å². The number of aryl methyl sites for hydroxylation is 1. The summed E-state index contributed by atoms with van der Waals surface area (Å²) in [6.07, 6.45) is 6.11. The first kappa shape index (κ1) is 54.9. The molecule has 8 aliphatic heterocycles. The van der Waals surface area contributed by atoms with E-state index in [1.807, 2.05) is 6.92 Å². The van der Waals surface area contributed by atoms with E-state index in [1.54, 1.807) is 24.3 Å². The summed E-state index contributed by atoms with van der Waals surface area (Å²) in [5.41, 5.74) is 2.10. The van der Waals surface area contributed by atoms with Crippen LogP contribution in [0.4, 0.5) is 0 Å². The van der Waals surface area contributed by atoms with Crippen LogP contribution in [0.5, 0.6) is 0 Å². The summed E-state index contributed by atoms with van der Waals surface area (Å²) in [6.45, 7) is 31.7. The highest BCUT2D eigenvalue weighted by molar-refractivity contribution is 9.11. The van der Waals surface area contributed by atoms with Gasteiger partial charge in [-0.2, -0.15) is 8.42 Å². The molecule has 8 saturated heterocycles. The van der Waals surface area contributed by atoms with Crippen LogP contribution in [0.15, 0.2) is 52.4 Å². The second kappa shape index (κ2) is 22.1. The van der Waals surface area contributed by atoms with Crippen molar-refractivity contribution in [3.05, 3.63) is 53.0 Å². The van der Waals surface area contributed by atoms with Gasteiger partial charge in [0.25, 0.3) is 10.1 Å². The molecule has 0 aromatic heterocycles. The molecule has 15 heteroatoms. The standard InChI is InChI=1S/C55H85BrO12SSi/c1-13-14-15-39-25-34(4)36(6)46(61-39)29-47-43(37(7)45(63-47)24-33(3)31-60-70(11,12)54(8,9)10)28-38(57)27-40-18-21-44-49(62-40)53-52-51(64-44)50-48(65-52)30-55(66-50,67-53)23-22-41(26-35(5)56)68-69(58,59)42-19-16-32(2)17-20-42/h16-17,19-20,33-34,37,39-41,43-53H,5-6,13-15,18,21-31H2,1-4,7-12H3/t33-,34+,37+,39-,40+,41+,43?,44-,45+,46?,47-,48+,49-,50-,51-,52+,53-,55-/m0/s1. The fraction of sp³-hybridized carbons (Fsp3) is 0.800. The average molecular weight is 1080 g/mol. The van der Waals surface area contributed by atoms with Gasteiger partial charge in [-0.25, -0.2) is 0 Å². The predicted octanol–water partition coefficient (Wildman–Crippen LogP) is 11.5. The van der Waals surface area contributed by atoms with Crippen LogP contribution in [0.3, 0.4) is 0 Å². The Morgan fingerprint density at radius 3 is 2.33 bits per heavy atom. The topological polar surface area (TPSA) is 134 Å². The highest BCUT2D eigenvalue weighted by Gasteiger charge is 2.68. The molecule has 0 spiro atoms. The van der Waals surface area contributed by atoms with E-state index >= 15 is 0 Å². The number of ketones is 1. The molecule has 70 heavy (non-hydrogen) atoms. The van der Waals surface area contributed by atoms with E-state index in [-0.39, 0.29) is 95.0 Å². The summed E-state index contributed by atoms with van der Waals surface area (Å²) in [6, 6.07) is 6.64. The van der Waals surface area contributed by atoms with Crippen molar-refractivity contribution in [2.75, 3.05) is 6.61 Å². The number of Topliss-reactive ketones (excluding diaryl/α,β-unsaturated/α-hetero) is 1. The van der Waals surface area contributed by atoms with E-state index in [0.717, 1.165) is 49.7 Å². The quantitative estimate of drug-likeness (QED) is 0.0621. The first-order valence-corrected chi connectivity index (χ1v) is 31.9. The van der Waals surface area contributed by atoms with Crippen molar-refractivity contribution in [3.8, 4) is 0 Å². The van der Waals surface area contributed by atoms with Crippen molar-refractivity contribution in [1.29, 1.82) is 0 Å². The number of rotatable bonds is 22. The minimum absolute atomic E-state index is 0.00569. The molecular weight excluding hydrogens is 993 g/mol. The molecule has 9 rings (SSSR count). The molecule has 6 bridgehead atoms. The fourth-order valence-electron chi connectivity index (χ4n) is 12.2. The number of carbonyl (C=O) groups excluding carboxylic acids is 1. The highest BCUT2D eigenvalue weighted by Crippen LogP contribution is 2.54. The lowest BCUT2D eigenvalue weighted by Gasteiger charge is -2.47. The van der Waals surface area contributed by atoms with Gasteiger partial charge in [0.15, 0.2) is 14.1 Å². The van der Waals surface area contributed by atoms with Crippen LogP contribution < -0.4 is 0 Å². The van der Waals surface area contributed by atoms with Crippen LogP contribution in [-0.2, 0) is 56.7 Å². The van der Waals surface area contributed by atoms with E-state index in [9.17, 15) is 13.2 Å². The van der Waals surface area contributed by atoms with Crippen molar-refractivity contribution in [2.24, 2.45) is 23.7 Å². The number of carbonyl (C=O) groups is 1. The SMILES string of the molecule is C=C(Br)C[C@@H](CC[C@@]12C[C@H]3O[C@H]4[C@@H](O1)[C@H]1O[C@@H](CC(=O)CC5[C@H](CC6O[C@@H](CCCC)C[C@@H](C)C6=C)O[C@H](C[C@H](C)CO[Si](C)(C)C(C)(C)C)[C@@H]5C)CC[C@@H]1O[C@H]4[C@H]3O2)OS(=O)(=O)c1ccc(C)cc1. The molecule has 2 unspecified atom stereocenters. The Balaban J connectivity index is 0.929. The van der Waals surface area contributed by atoms with Crippen LogP contribution in [-0.4, -0.2) is 114 Å². The minimum atomic E-state index is -4.05. The molecule has 1 aromatic rings. The van der Waals surface area contributed by atoms with Crippen molar-refractivity contribution < 1.29 is 55.0 Å². The Hall–Kier alpha value is -1.34. The number of benzene rings is 1. The van der Waals surface area contributed by atoms with Crippen LogP contribution >= 0.6 is 15.9 Å². The predicted molar refractivity (Wildman–Crippen MR) is 276 cm³/mol. The lowest BCUT2D eigenvalue weighted by atomic mass is 9.78. The van der Waals surface area contributed by atoms with Gasteiger partial charge in [0.05, 0.1) is 53.7 Å². The Morgan fingerprint density at radius 1 is 0.929 bits per heavy atom. The van der Waals surface area contributed by atoms with Crippen molar-refractivity contribution in [1.82, 2.24) is 0 Å². The molecule has 0 amide bonds. The first-order chi connectivity index (χ1) is 32.9. The van der Waals surface area contributed by atoms with Gasteiger partial charge >= 0.3 is 0 Å². The molecule has 8 aliphatic rings. The van der Waals surface area contributed by atoms with Crippen molar-refractivity contribution >= 4 is 40.1 Å². The third-order valence-corrected chi connectivity index (χ3v) is 23.6. The summed E-state index contributed by atoms with van der Waals surface area (Å²) in [4.78, 5) is 14.6. The van der Waals surface area contributed by atoms with E-state index < -0.39 is 42.5 Å². The third kappa shape index (κ3) is 12.3. The number of ether oxygens (including phenoxy) is 7. The molecule has 8 fully saturated rings. The van der Waals surface area contributed by atoms with Gasteiger partial charge in [0, 0.05) is 45.1 Å². The van der Waals surface area contributed by atoms with Crippen LogP contribution in [0, 0.1) is 30.6 Å². The maximum atomic E-state index is 14.5. The molecule has 1 aromatic carbocycles. The summed E-state index contributed by atoms with van der Waals surface area (Å²) in [5.74, 6) is 0.0149. The van der Waals surface area contributed by atoms with Crippen LogP contribution in [0.1, 0.15) is 144 Å². The molecule has 18 atom stereocenters. The molecule has 12 nitrogen and oxygen atoms in total. The largest absolute Gasteiger partial charge is 0.417 e. The van der Waals surface area contributed by atoms with Gasteiger partial charge in [0.1, 0.15) is 36.3 Å². The monoisotopic (exact) mass is 1080 g/mol. The number of hydrogen-bond donors (Lipinski definition) is 0. The van der Waals surface area contributed by atoms with Gasteiger partial charge in [-0.1, -0.05) is 108 Å². The maximum Gasteiger partial charge on any atom is 0.297 e. The zero-order chi connectivity index (χ0) is 50.5. The Kier molecular flexibility index (Phi) is 17.3. The highest BCUT2D eigenvalue weighted by atomic mass is 79.9. The smallest absolute Gasteiger partial charge is 0.297 e. The molecule has 394 valence electrons. The van der Waals surface area contributed by atoms with Gasteiger partial charge in [-0.3, -0.25) is 8.98 Å². The molecule has 0 saturated carbocycles. The number of fused-ring (bicyclic) bond motifs is 1. The Bertz CT molecular complexity index is 2110. The number of hydrogen-bond acceptors (Lipinski definition) is 12. The molecule has 0 radical (unpaired) electrons. The van der Waals surface area contributed by atoms with Gasteiger partial charge in [-0.05, 0) is 109 Å². The van der Waals surface area contributed by atoms with Crippen LogP contribution in [0.2, 0.25) is 18.1 Å². The Labute approximate surface area is 429 Å². The lowest BCUT2D eigenvalue weighted by molar-refractivity contribution is -0.292. The summed E-state index contributed by atoms with van der Waals surface area (Å²) in [5, 5.41) is 0.137. The minimum Gasteiger partial charge on any atom is -0.417 e. The van der Waals surface area contributed by atoms with Gasteiger partial charge < -0.3 is 37.6 Å². The van der Waals surface area contributed by atoms with Crippen molar-refractivity contribution in [3.63, 3.8) is 0 Å². The summed E-state index contributed by atoms with van der Waals surface area (Å²) < 4.78 is 88.1. The summed E-state index contributed by atoms with van der Waals surface area (Å²) in [7, 11) is -5.96. The van der Waals surface area contributed by atoms with E-state index in [1.165, 1.54) is 0 Å². The second-order valence-electron chi connectivity index (χ2n) is 24.0.